The van der Waals surface area contributed by atoms with E-state index in [4.69, 9.17) is 17.3 Å². The lowest BCUT2D eigenvalue weighted by atomic mass is 10.4. The van der Waals surface area contributed by atoms with Crippen LogP contribution in [0.5, 0.6) is 0 Å². The topological polar surface area (TPSA) is 58.0 Å². The van der Waals surface area contributed by atoms with Crippen LogP contribution >= 0.6 is 12.2 Å². The summed E-state index contributed by atoms with van der Waals surface area (Å²) in [5, 5.41) is 11.1. The number of carboxylic acid groups (broad SMARTS) is 1. The number of aryl methyl sites for hydroxylation is 1. The molecule has 0 unspecified atom stereocenters. The Bertz CT molecular complexity index is 312. The van der Waals surface area contributed by atoms with Crippen LogP contribution in [0.2, 0.25) is 0 Å². The highest BCUT2D eigenvalue weighted by Crippen LogP contribution is 1.98. The molecule has 4 nitrogen and oxygen atoms in total. The van der Waals surface area contributed by atoms with Crippen LogP contribution < -0.4 is 0 Å². The first-order valence-corrected chi connectivity index (χ1v) is 3.01. The van der Waals surface area contributed by atoms with Gasteiger partial charge in [0.2, 0.25) is 0 Å². The Balaban J connectivity index is 3.29. The largest absolute Gasteiger partial charge is 0.478 e. The third-order valence-electron chi connectivity index (χ3n) is 1.08. The third-order valence-corrected chi connectivity index (χ3v) is 1.39. The highest BCUT2D eigenvalue weighted by atomic mass is 32.1. The van der Waals surface area contributed by atoms with Crippen LogP contribution in [0, 0.1) is 4.64 Å². The first kappa shape index (κ1) is 7.01. The van der Waals surface area contributed by atoms with Crippen molar-refractivity contribution in [1.82, 2.24) is 9.78 Å². The van der Waals surface area contributed by atoms with Crippen molar-refractivity contribution in [1.29, 1.82) is 0 Å². The normalized spacial score (nSPS) is 9.70. The van der Waals surface area contributed by atoms with Crippen LogP contribution in [-0.4, -0.2) is 20.9 Å². The summed E-state index contributed by atoms with van der Waals surface area (Å²) >= 11 is 4.69. The van der Waals surface area contributed by atoms with Crippen molar-refractivity contribution < 1.29 is 9.90 Å². The zero-order valence-electron chi connectivity index (χ0n) is 5.29. The molecule has 0 aromatic carbocycles. The Kier molecular flexibility index (Phi) is 1.58. The summed E-state index contributed by atoms with van der Waals surface area (Å²) in [5.74, 6) is -0.998. The van der Waals surface area contributed by atoms with Gasteiger partial charge in [0.25, 0.3) is 0 Å². The van der Waals surface area contributed by atoms with Crippen LogP contribution in [-0.2, 0) is 7.05 Å². The monoisotopic (exact) mass is 158 g/mol. The molecule has 0 fully saturated rings. The number of aromatic carboxylic acids is 1. The molecule has 1 rings (SSSR count). The maximum atomic E-state index is 10.3. The van der Waals surface area contributed by atoms with E-state index in [0.717, 1.165) is 0 Å². The van der Waals surface area contributed by atoms with Gasteiger partial charge >= 0.3 is 5.97 Å². The molecule has 0 atom stereocenters. The SMILES string of the molecule is Cn1cc(C(=O)O)c(=S)[nH]1. The molecule has 1 aromatic rings. The van der Waals surface area contributed by atoms with Crippen LogP contribution in [0.25, 0.3) is 0 Å². The van der Waals surface area contributed by atoms with Gasteiger partial charge in [0.15, 0.2) is 0 Å². The van der Waals surface area contributed by atoms with Crippen molar-refractivity contribution in [2.45, 2.75) is 0 Å². The lowest BCUT2D eigenvalue weighted by molar-refractivity contribution is 0.0696. The van der Waals surface area contributed by atoms with E-state index >= 15 is 0 Å². The molecule has 2 N–H and O–H groups in total. The smallest absolute Gasteiger partial charge is 0.340 e. The second kappa shape index (κ2) is 2.26. The van der Waals surface area contributed by atoms with E-state index in [0.29, 0.717) is 0 Å². The molecule has 0 saturated carbocycles. The first-order chi connectivity index (χ1) is 4.61. The third kappa shape index (κ3) is 1.08. The lowest BCUT2D eigenvalue weighted by Crippen LogP contribution is -1.93. The van der Waals surface area contributed by atoms with Crippen molar-refractivity contribution in [2.24, 2.45) is 7.05 Å². The second-order valence-electron chi connectivity index (χ2n) is 1.90. The van der Waals surface area contributed by atoms with E-state index in [9.17, 15) is 4.79 Å². The molecular weight excluding hydrogens is 152 g/mol. The molecule has 0 aliphatic carbocycles. The summed E-state index contributed by atoms with van der Waals surface area (Å²) < 4.78 is 1.76. The zero-order valence-corrected chi connectivity index (χ0v) is 6.10. The van der Waals surface area contributed by atoms with E-state index in [1.54, 1.807) is 7.05 Å². The predicted molar refractivity (Wildman–Crippen MR) is 37.6 cm³/mol. The molecule has 1 aromatic heterocycles. The van der Waals surface area contributed by atoms with Crippen molar-refractivity contribution in [2.75, 3.05) is 0 Å². The number of H-pyrrole nitrogens is 1. The summed E-state index contributed by atoms with van der Waals surface area (Å²) in [4.78, 5) is 10.3. The quantitative estimate of drug-likeness (QED) is 0.594. The highest BCUT2D eigenvalue weighted by Gasteiger charge is 2.05. The van der Waals surface area contributed by atoms with Gasteiger partial charge < -0.3 is 5.11 Å². The number of nitrogens with zero attached hydrogens (tertiary/aromatic N) is 1. The van der Waals surface area contributed by atoms with Crippen LogP contribution in [0.3, 0.4) is 0 Å². The fourth-order valence-corrected chi connectivity index (χ4v) is 0.941. The van der Waals surface area contributed by atoms with Gasteiger partial charge in [-0.1, -0.05) is 12.2 Å². The van der Waals surface area contributed by atoms with Gasteiger partial charge in [0.05, 0.1) is 0 Å². The number of carboxylic acids is 1. The number of carbonyl (C=O) groups is 1. The highest BCUT2D eigenvalue weighted by molar-refractivity contribution is 7.71. The minimum Gasteiger partial charge on any atom is -0.478 e. The molecular formula is C5H6N2O2S. The molecule has 0 radical (unpaired) electrons. The predicted octanol–water partition coefficient (Wildman–Crippen LogP) is 0.781. The molecule has 0 bridgehead atoms. The lowest BCUT2D eigenvalue weighted by Gasteiger charge is -1.82. The Hall–Kier alpha value is -1.10. The van der Waals surface area contributed by atoms with Gasteiger partial charge in [-0.25, -0.2) is 4.79 Å². The van der Waals surface area contributed by atoms with Crippen molar-refractivity contribution in [3.8, 4) is 0 Å². The first-order valence-electron chi connectivity index (χ1n) is 2.60. The molecule has 10 heavy (non-hydrogen) atoms. The van der Waals surface area contributed by atoms with E-state index in [1.165, 1.54) is 10.9 Å². The number of hydrogen-bond donors (Lipinski definition) is 2. The Labute approximate surface area is 62.1 Å². The minimum absolute atomic E-state index is 0.137. The van der Waals surface area contributed by atoms with Crippen molar-refractivity contribution in [3.63, 3.8) is 0 Å². The fraction of sp³-hybridized carbons (Fsp3) is 0.200. The number of aromatic nitrogens is 2. The van der Waals surface area contributed by atoms with Gasteiger partial charge in [-0.05, 0) is 0 Å². The number of aromatic amines is 1. The van der Waals surface area contributed by atoms with Gasteiger partial charge in [-0.3, -0.25) is 9.78 Å². The number of nitrogens with one attached hydrogen (secondary N) is 1. The van der Waals surface area contributed by atoms with Gasteiger partial charge in [-0.2, -0.15) is 0 Å². The van der Waals surface area contributed by atoms with E-state index in [-0.39, 0.29) is 10.2 Å². The Morgan fingerprint density at radius 3 is 2.70 bits per heavy atom. The van der Waals surface area contributed by atoms with E-state index in [2.05, 4.69) is 5.10 Å². The minimum atomic E-state index is -0.998. The Morgan fingerprint density at radius 2 is 2.50 bits per heavy atom. The average molecular weight is 158 g/mol. The van der Waals surface area contributed by atoms with Gasteiger partial charge in [-0.15, -0.1) is 0 Å². The number of hydrogen-bond acceptors (Lipinski definition) is 2. The molecule has 0 aliphatic heterocycles. The molecule has 0 saturated heterocycles. The maximum Gasteiger partial charge on any atom is 0.340 e. The fourth-order valence-electron chi connectivity index (χ4n) is 0.657. The van der Waals surface area contributed by atoms with E-state index < -0.39 is 5.97 Å². The molecule has 0 aliphatic rings. The van der Waals surface area contributed by atoms with Crippen LogP contribution in [0.15, 0.2) is 6.20 Å². The Morgan fingerprint density at radius 1 is 1.90 bits per heavy atom. The molecule has 54 valence electrons. The van der Waals surface area contributed by atoms with E-state index in [1.807, 2.05) is 0 Å². The van der Waals surface area contributed by atoms with Crippen molar-refractivity contribution >= 4 is 18.2 Å². The zero-order chi connectivity index (χ0) is 7.72. The molecule has 1 heterocycles. The summed E-state index contributed by atoms with van der Waals surface area (Å²) in [5.41, 5.74) is 0.137. The molecule has 0 spiro atoms. The second-order valence-corrected chi connectivity index (χ2v) is 2.31. The van der Waals surface area contributed by atoms with Crippen LogP contribution in [0.1, 0.15) is 10.4 Å². The van der Waals surface area contributed by atoms with Gasteiger partial charge in [0.1, 0.15) is 10.2 Å². The standard InChI is InChI=1S/C5H6N2O2S/c1-7-2-3(5(8)9)4(10)6-7/h2H,1H3,(H,6,10)(H,8,9). The summed E-state index contributed by atoms with van der Waals surface area (Å²) in [6.45, 7) is 0. The van der Waals surface area contributed by atoms with Crippen molar-refractivity contribution in [3.05, 3.63) is 16.4 Å². The number of rotatable bonds is 1. The molecule has 5 heteroatoms. The average Bonchev–Trinajstić information content (AvgIpc) is 2.10. The molecule has 0 amide bonds. The van der Waals surface area contributed by atoms with Crippen LogP contribution in [0.4, 0.5) is 0 Å². The van der Waals surface area contributed by atoms with Gasteiger partial charge in [0, 0.05) is 13.2 Å². The summed E-state index contributed by atoms with van der Waals surface area (Å²) in [7, 11) is 1.68. The summed E-state index contributed by atoms with van der Waals surface area (Å²) in [6.07, 6.45) is 1.44. The maximum absolute atomic E-state index is 10.3. The summed E-state index contributed by atoms with van der Waals surface area (Å²) in [6, 6.07) is 0.